The lowest BCUT2D eigenvalue weighted by atomic mass is 9.55. The van der Waals surface area contributed by atoms with Crippen LogP contribution in [0.4, 0.5) is 0 Å². The van der Waals surface area contributed by atoms with Crippen molar-refractivity contribution in [3.8, 4) is 5.75 Å². The molecule has 3 nitrogen and oxygen atoms in total. The maximum Gasteiger partial charge on any atom is 0.312 e. The minimum absolute atomic E-state index is 0.108. The van der Waals surface area contributed by atoms with Gasteiger partial charge in [0.1, 0.15) is 5.75 Å². The van der Waals surface area contributed by atoms with Crippen molar-refractivity contribution in [2.45, 2.75) is 61.3 Å². The van der Waals surface area contributed by atoms with Gasteiger partial charge < -0.3 is 9.47 Å². The average molecular weight is 385 g/mol. The fourth-order valence-corrected chi connectivity index (χ4v) is 3.70. The molecule has 0 aliphatic heterocycles. The summed E-state index contributed by atoms with van der Waals surface area (Å²) in [6.07, 6.45) is 1.64. The Balaban J connectivity index is 1.79. The first-order chi connectivity index (χ1) is 13.0. The molecule has 154 valence electrons. The maximum atomic E-state index is 12.9. The Labute approximate surface area is 170 Å². The van der Waals surface area contributed by atoms with Crippen molar-refractivity contribution in [3.05, 3.63) is 42.5 Å². The number of benzene rings is 2. The molecule has 2 aromatic rings. The van der Waals surface area contributed by atoms with Gasteiger partial charge in [-0.15, -0.1) is 0 Å². The van der Waals surface area contributed by atoms with Crippen LogP contribution in [0.15, 0.2) is 42.5 Å². The van der Waals surface area contributed by atoms with Gasteiger partial charge in [0.15, 0.2) is 0 Å². The lowest BCUT2D eigenvalue weighted by Gasteiger charge is -2.48. The molecule has 0 aliphatic rings. The van der Waals surface area contributed by atoms with E-state index >= 15 is 0 Å². The van der Waals surface area contributed by atoms with Gasteiger partial charge in [-0.1, -0.05) is 71.9 Å². The van der Waals surface area contributed by atoms with Crippen molar-refractivity contribution in [1.82, 2.24) is 0 Å². The third-order valence-corrected chi connectivity index (χ3v) is 6.17. The molecule has 0 unspecified atom stereocenters. The Morgan fingerprint density at radius 3 is 1.96 bits per heavy atom. The lowest BCUT2D eigenvalue weighted by Crippen LogP contribution is -2.50. The Bertz CT molecular complexity index is 779. The molecule has 0 fully saturated rings. The van der Waals surface area contributed by atoms with Crippen LogP contribution in [0.25, 0.3) is 10.8 Å². The van der Waals surface area contributed by atoms with Gasteiger partial charge in [-0.25, -0.2) is 0 Å². The highest BCUT2D eigenvalue weighted by Gasteiger charge is 2.53. The standard InChI is InChI=1S/C25H36O3/c1-23(2,3)25(7,24(4,5)6)22(26)28-17-11-10-16-27-21-15-14-19-12-8-9-13-20(19)18-21/h8-9,12-15,18H,10-11,16-17H2,1-7H3. The SMILES string of the molecule is CC(C)(C)C(C)(C(=O)OCCCCOc1ccc2ccccc2c1)C(C)(C)C. The molecular formula is C25H36O3. The summed E-state index contributed by atoms with van der Waals surface area (Å²) in [5.41, 5.74) is -0.912. The van der Waals surface area contributed by atoms with Crippen molar-refractivity contribution in [2.75, 3.05) is 13.2 Å². The third-order valence-electron chi connectivity index (χ3n) is 6.17. The Morgan fingerprint density at radius 2 is 1.36 bits per heavy atom. The number of carbonyl (C=O) groups excluding carboxylic acids is 1. The number of ether oxygens (including phenoxy) is 2. The summed E-state index contributed by atoms with van der Waals surface area (Å²) in [5.74, 6) is 0.770. The first kappa shape index (κ1) is 22.3. The van der Waals surface area contributed by atoms with Gasteiger partial charge in [0.25, 0.3) is 0 Å². The Morgan fingerprint density at radius 1 is 0.786 bits per heavy atom. The molecule has 2 aromatic carbocycles. The summed E-state index contributed by atoms with van der Waals surface area (Å²) >= 11 is 0. The molecule has 0 spiro atoms. The van der Waals surface area contributed by atoms with Crippen LogP contribution >= 0.6 is 0 Å². The number of hydrogen-bond acceptors (Lipinski definition) is 3. The summed E-state index contributed by atoms with van der Waals surface area (Å²) in [6, 6.07) is 14.4. The topological polar surface area (TPSA) is 35.5 Å². The largest absolute Gasteiger partial charge is 0.494 e. The predicted octanol–water partition coefficient (Wildman–Crippen LogP) is 6.64. The maximum absolute atomic E-state index is 12.9. The minimum atomic E-state index is -0.554. The van der Waals surface area contributed by atoms with Crippen LogP contribution in [-0.2, 0) is 9.53 Å². The van der Waals surface area contributed by atoms with Gasteiger partial charge in [0, 0.05) is 0 Å². The molecule has 28 heavy (non-hydrogen) atoms. The predicted molar refractivity (Wildman–Crippen MR) is 117 cm³/mol. The molecule has 2 rings (SSSR count). The highest BCUT2D eigenvalue weighted by Crippen LogP contribution is 2.52. The quantitative estimate of drug-likeness (QED) is 0.396. The van der Waals surface area contributed by atoms with Crippen LogP contribution in [0.5, 0.6) is 5.75 Å². The van der Waals surface area contributed by atoms with E-state index in [9.17, 15) is 4.79 Å². The van der Waals surface area contributed by atoms with E-state index in [0.29, 0.717) is 13.2 Å². The highest BCUT2D eigenvalue weighted by molar-refractivity contribution is 5.83. The summed E-state index contributed by atoms with van der Waals surface area (Å²) in [4.78, 5) is 12.9. The zero-order valence-corrected chi connectivity index (χ0v) is 18.6. The van der Waals surface area contributed by atoms with E-state index in [1.165, 1.54) is 10.8 Å². The zero-order valence-electron chi connectivity index (χ0n) is 18.6. The fraction of sp³-hybridized carbons (Fsp3) is 0.560. The number of hydrogen-bond donors (Lipinski definition) is 0. The van der Waals surface area contributed by atoms with Crippen LogP contribution in [0.2, 0.25) is 0 Å². The van der Waals surface area contributed by atoms with E-state index < -0.39 is 5.41 Å². The minimum Gasteiger partial charge on any atom is -0.494 e. The van der Waals surface area contributed by atoms with Gasteiger partial charge in [-0.05, 0) is 53.5 Å². The second kappa shape index (κ2) is 8.55. The van der Waals surface area contributed by atoms with Gasteiger partial charge in [0.2, 0.25) is 0 Å². The molecular weight excluding hydrogens is 348 g/mol. The van der Waals surface area contributed by atoms with Crippen molar-refractivity contribution in [1.29, 1.82) is 0 Å². The van der Waals surface area contributed by atoms with Crippen molar-refractivity contribution >= 4 is 16.7 Å². The molecule has 0 saturated heterocycles. The smallest absolute Gasteiger partial charge is 0.312 e. The number of unbranched alkanes of at least 4 members (excludes halogenated alkanes) is 1. The zero-order chi connectivity index (χ0) is 21.0. The third kappa shape index (κ3) is 4.87. The molecule has 0 atom stereocenters. The van der Waals surface area contributed by atoms with E-state index in [1.54, 1.807) is 0 Å². The van der Waals surface area contributed by atoms with Crippen molar-refractivity contribution in [3.63, 3.8) is 0 Å². The van der Waals surface area contributed by atoms with Gasteiger partial charge in [0.05, 0.1) is 18.6 Å². The summed E-state index contributed by atoms with van der Waals surface area (Å²) in [5, 5.41) is 2.39. The molecule has 0 amide bonds. The second-order valence-electron chi connectivity index (χ2n) is 9.83. The first-order valence-corrected chi connectivity index (χ1v) is 10.3. The normalized spacial score (nSPS) is 12.8. The monoisotopic (exact) mass is 384 g/mol. The van der Waals surface area contributed by atoms with E-state index in [4.69, 9.17) is 9.47 Å². The average Bonchev–Trinajstić information content (AvgIpc) is 2.61. The molecule has 0 N–H and O–H groups in total. The highest BCUT2D eigenvalue weighted by atomic mass is 16.5. The van der Waals surface area contributed by atoms with Crippen molar-refractivity contribution in [2.24, 2.45) is 16.2 Å². The molecule has 0 heterocycles. The van der Waals surface area contributed by atoms with Crippen LogP contribution in [0.3, 0.4) is 0 Å². The Hall–Kier alpha value is -2.03. The second-order valence-corrected chi connectivity index (χ2v) is 9.83. The van der Waals surface area contributed by atoms with Crippen LogP contribution in [0, 0.1) is 16.2 Å². The molecule has 3 heteroatoms. The lowest BCUT2D eigenvalue weighted by molar-refractivity contribution is -0.173. The van der Waals surface area contributed by atoms with E-state index in [1.807, 2.05) is 25.1 Å². The van der Waals surface area contributed by atoms with Crippen LogP contribution < -0.4 is 4.74 Å². The molecule has 0 radical (unpaired) electrons. The van der Waals surface area contributed by atoms with E-state index in [0.717, 1.165) is 18.6 Å². The van der Waals surface area contributed by atoms with Crippen LogP contribution in [-0.4, -0.2) is 19.2 Å². The first-order valence-electron chi connectivity index (χ1n) is 10.3. The van der Waals surface area contributed by atoms with Gasteiger partial charge in [-0.2, -0.15) is 0 Å². The summed E-state index contributed by atoms with van der Waals surface area (Å²) < 4.78 is 11.5. The number of fused-ring (bicyclic) bond motifs is 1. The molecule has 0 bridgehead atoms. The Kier molecular flexibility index (Phi) is 6.80. The van der Waals surface area contributed by atoms with Gasteiger partial charge in [-0.3, -0.25) is 4.79 Å². The number of rotatable bonds is 7. The van der Waals surface area contributed by atoms with E-state index in [2.05, 4.69) is 65.8 Å². The van der Waals surface area contributed by atoms with E-state index in [-0.39, 0.29) is 16.8 Å². The van der Waals surface area contributed by atoms with Crippen molar-refractivity contribution < 1.29 is 14.3 Å². The number of esters is 1. The fourth-order valence-electron chi connectivity index (χ4n) is 3.70. The summed E-state index contributed by atoms with van der Waals surface area (Å²) in [7, 11) is 0. The van der Waals surface area contributed by atoms with Crippen LogP contribution in [0.1, 0.15) is 61.3 Å². The molecule has 0 aliphatic carbocycles. The summed E-state index contributed by atoms with van der Waals surface area (Å²) in [6.45, 7) is 15.7. The molecule has 0 saturated carbocycles. The van der Waals surface area contributed by atoms with Gasteiger partial charge >= 0.3 is 5.97 Å². The molecule has 0 aromatic heterocycles. The number of carbonyl (C=O) groups is 1.